The van der Waals surface area contributed by atoms with Gasteiger partial charge in [-0.25, -0.2) is 4.68 Å². The molecule has 4 aromatic rings. The van der Waals surface area contributed by atoms with Gasteiger partial charge in [0.05, 0.1) is 11.9 Å². The second kappa shape index (κ2) is 9.69. The summed E-state index contributed by atoms with van der Waals surface area (Å²) < 4.78 is 4.12. The van der Waals surface area contributed by atoms with Gasteiger partial charge in [0.15, 0.2) is 0 Å². The molecular weight excluding hydrogens is 422 g/mol. The zero-order valence-corrected chi connectivity index (χ0v) is 19.8. The average Bonchev–Trinajstić information content (AvgIpc) is 3.52. The van der Waals surface area contributed by atoms with Crippen LogP contribution >= 0.6 is 0 Å². The fourth-order valence-electron chi connectivity index (χ4n) is 4.70. The summed E-state index contributed by atoms with van der Waals surface area (Å²) in [7, 11) is 0. The van der Waals surface area contributed by atoms with Crippen LogP contribution in [0.3, 0.4) is 0 Å². The van der Waals surface area contributed by atoms with Crippen molar-refractivity contribution in [3.8, 4) is 11.5 Å². The number of aromatic nitrogens is 3. The van der Waals surface area contributed by atoms with E-state index in [0.717, 1.165) is 60.8 Å². The van der Waals surface area contributed by atoms with Crippen molar-refractivity contribution in [1.82, 2.24) is 19.2 Å². The molecule has 5 rings (SSSR count). The van der Waals surface area contributed by atoms with Crippen molar-refractivity contribution >= 4 is 11.6 Å². The van der Waals surface area contributed by atoms with Crippen molar-refractivity contribution in [2.45, 2.75) is 33.2 Å². The van der Waals surface area contributed by atoms with Crippen LogP contribution in [-0.4, -0.2) is 38.2 Å². The van der Waals surface area contributed by atoms with Crippen LogP contribution < -0.4 is 5.32 Å². The number of piperidine rings is 1. The highest BCUT2D eigenvalue weighted by Gasteiger charge is 2.26. The van der Waals surface area contributed by atoms with Crippen molar-refractivity contribution in [2.75, 3.05) is 18.4 Å². The van der Waals surface area contributed by atoms with Crippen LogP contribution in [0.15, 0.2) is 79.3 Å². The zero-order valence-electron chi connectivity index (χ0n) is 19.8. The first-order valence-corrected chi connectivity index (χ1v) is 11.9. The van der Waals surface area contributed by atoms with Gasteiger partial charge in [-0.2, -0.15) is 5.10 Å². The van der Waals surface area contributed by atoms with Gasteiger partial charge in [0.25, 0.3) is 0 Å². The van der Waals surface area contributed by atoms with E-state index in [1.54, 1.807) is 0 Å². The molecule has 1 saturated heterocycles. The Morgan fingerprint density at radius 3 is 2.47 bits per heavy atom. The second-order valence-electron chi connectivity index (χ2n) is 9.19. The maximum absolute atomic E-state index is 12.9. The lowest BCUT2D eigenvalue weighted by Gasteiger charge is -2.31. The summed E-state index contributed by atoms with van der Waals surface area (Å²) in [5.41, 5.74) is 5.41. The van der Waals surface area contributed by atoms with Crippen molar-refractivity contribution in [3.63, 3.8) is 0 Å². The Morgan fingerprint density at radius 2 is 1.74 bits per heavy atom. The molecule has 3 heterocycles. The number of anilines is 1. The minimum absolute atomic E-state index is 0.0483. The molecule has 1 aliphatic rings. The minimum atomic E-state index is 0.0483. The van der Waals surface area contributed by atoms with Gasteiger partial charge in [0.1, 0.15) is 5.82 Å². The number of para-hydroxylation sites is 1. The summed E-state index contributed by atoms with van der Waals surface area (Å²) in [5.74, 6) is 1.25. The molecule has 1 amide bonds. The molecule has 34 heavy (non-hydrogen) atoms. The average molecular weight is 454 g/mol. The van der Waals surface area contributed by atoms with E-state index in [9.17, 15) is 4.79 Å². The van der Waals surface area contributed by atoms with Crippen LogP contribution in [0.5, 0.6) is 0 Å². The molecule has 2 aromatic heterocycles. The van der Waals surface area contributed by atoms with Crippen LogP contribution in [0.1, 0.15) is 29.5 Å². The number of nitrogens with one attached hydrogen (secondary N) is 1. The number of carbonyl (C=O) groups excluding carboxylic acids is 1. The molecule has 6 heteroatoms. The Hall–Kier alpha value is -3.64. The number of rotatable bonds is 6. The molecular formula is C28H31N5O. The minimum Gasteiger partial charge on any atom is -0.326 e. The predicted octanol–water partition coefficient (Wildman–Crippen LogP) is 5.13. The molecule has 174 valence electrons. The summed E-state index contributed by atoms with van der Waals surface area (Å²) in [5, 5.41) is 7.88. The van der Waals surface area contributed by atoms with Crippen molar-refractivity contribution in [1.29, 1.82) is 0 Å². The molecule has 0 radical (unpaired) electrons. The molecule has 1 aliphatic heterocycles. The number of benzene rings is 2. The van der Waals surface area contributed by atoms with Gasteiger partial charge in [0, 0.05) is 36.1 Å². The quantitative estimate of drug-likeness (QED) is 0.440. The van der Waals surface area contributed by atoms with E-state index in [1.165, 1.54) is 5.56 Å². The Balaban J connectivity index is 1.27. The molecule has 6 nitrogen and oxygen atoms in total. The Kier molecular flexibility index (Phi) is 6.32. The second-order valence-corrected chi connectivity index (χ2v) is 9.19. The molecule has 0 spiro atoms. The highest BCUT2D eigenvalue weighted by molar-refractivity contribution is 5.93. The predicted molar refractivity (Wildman–Crippen MR) is 135 cm³/mol. The lowest BCUT2D eigenvalue weighted by atomic mass is 9.95. The summed E-state index contributed by atoms with van der Waals surface area (Å²) in [6.45, 7) is 6.69. The first-order valence-electron chi connectivity index (χ1n) is 11.9. The topological polar surface area (TPSA) is 55.1 Å². The normalized spacial score (nSPS) is 14.9. The standard InChI is InChI=1S/C28H31N5O/c1-21-10-11-22(2)26(18-21)30-27(34)23-12-16-31(17-13-23)20-24-19-29-33(25-8-4-3-5-9-25)28(24)32-14-6-7-15-32/h3-11,14-15,18-19,23H,12-13,16-17,20H2,1-2H3,(H,30,34). The molecule has 0 aliphatic carbocycles. The smallest absolute Gasteiger partial charge is 0.227 e. The number of nitrogens with zero attached hydrogens (tertiary/aromatic N) is 4. The third-order valence-corrected chi connectivity index (χ3v) is 6.67. The molecule has 1 N–H and O–H groups in total. The molecule has 0 saturated carbocycles. The molecule has 1 fully saturated rings. The van der Waals surface area contributed by atoms with E-state index >= 15 is 0 Å². The van der Waals surface area contributed by atoms with E-state index in [-0.39, 0.29) is 11.8 Å². The van der Waals surface area contributed by atoms with Gasteiger partial charge in [0.2, 0.25) is 5.91 Å². The molecule has 0 unspecified atom stereocenters. The lowest BCUT2D eigenvalue weighted by molar-refractivity contribution is -0.121. The van der Waals surface area contributed by atoms with Crippen LogP contribution in [0.2, 0.25) is 0 Å². The monoisotopic (exact) mass is 453 g/mol. The van der Waals surface area contributed by atoms with Crippen molar-refractivity contribution < 1.29 is 4.79 Å². The number of amides is 1. The van der Waals surface area contributed by atoms with Crippen molar-refractivity contribution in [3.05, 3.63) is 95.9 Å². The van der Waals surface area contributed by atoms with Crippen LogP contribution in [0, 0.1) is 19.8 Å². The SMILES string of the molecule is Cc1ccc(C)c(NC(=O)C2CCN(Cc3cnn(-c4ccccc4)c3-n3cccc3)CC2)c1. The van der Waals surface area contributed by atoms with Gasteiger partial charge >= 0.3 is 0 Å². The number of carbonyl (C=O) groups is 1. The maximum Gasteiger partial charge on any atom is 0.227 e. The molecule has 0 atom stereocenters. The maximum atomic E-state index is 12.9. The Labute approximate surface area is 200 Å². The van der Waals surface area contributed by atoms with Gasteiger partial charge in [-0.1, -0.05) is 30.3 Å². The van der Waals surface area contributed by atoms with Gasteiger partial charge in [-0.15, -0.1) is 0 Å². The number of hydrogen-bond donors (Lipinski definition) is 1. The van der Waals surface area contributed by atoms with E-state index in [4.69, 9.17) is 5.10 Å². The summed E-state index contributed by atoms with van der Waals surface area (Å²) in [4.78, 5) is 15.4. The fourth-order valence-corrected chi connectivity index (χ4v) is 4.70. The summed E-state index contributed by atoms with van der Waals surface area (Å²) >= 11 is 0. The van der Waals surface area contributed by atoms with E-state index < -0.39 is 0 Å². The first-order chi connectivity index (χ1) is 16.6. The van der Waals surface area contributed by atoms with E-state index in [1.807, 2.05) is 48.1 Å². The van der Waals surface area contributed by atoms with E-state index in [0.29, 0.717) is 0 Å². The van der Waals surface area contributed by atoms with Gasteiger partial charge in [-0.05, 0) is 81.2 Å². The third-order valence-electron chi connectivity index (χ3n) is 6.67. The fraction of sp³-hybridized carbons (Fsp3) is 0.286. The molecule has 2 aromatic carbocycles. The number of hydrogen-bond acceptors (Lipinski definition) is 3. The third kappa shape index (κ3) is 4.68. The number of aryl methyl sites for hydroxylation is 2. The van der Waals surface area contributed by atoms with Crippen LogP contribution in [-0.2, 0) is 11.3 Å². The lowest BCUT2D eigenvalue weighted by Crippen LogP contribution is -2.38. The highest BCUT2D eigenvalue weighted by atomic mass is 16.1. The molecule has 0 bridgehead atoms. The van der Waals surface area contributed by atoms with Crippen LogP contribution in [0.25, 0.3) is 11.5 Å². The van der Waals surface area contributed by atoms with Gasteiger partial charge < -0.3 is 9.88 Å². The van der Waals surface area contributed by atoms with E-state index in [2.05, 4.69) is 64.4 Å². The van der Waals surface area contributed by atoms with Crippen LogP contribution in [0.4, 0.5) is 5.69 Å². The number of likely N-dealkylation sites (tertiary alicyclic amines) is 1. The van der Waals surface area contributed by atoms with Gasteiger partial charge in [-0.3, -0.25) is 9.69 Å². The Morgan fingerprint density at radius 1 is 1.00 bits per heavy atom. The highest BCUT2D eigenvalue weighted by Crippen LogP contribution is 2.25. The largest absolute Gasteiger partial charge is 0.326 e. The summed E-state index contributed by atoms with van der Waals surface area (Å²) in [6, 6.07) is 20.5. The van der Waals surface area contributed by atoms with Crippen molar-refractivity contribution in [2.24, 2.45) is 5.92 Å². The Bertz CT molecular complexity index is 1250. The zero-order chi connectivity index (χ0) is 23.5. The summed E-state index contributed by atoms with van der Waals surface area (Å²) in [6.07, 6.45) is 7.82. The first kappa shape index (κ1) is 22.2.